The molecule has 3 heterocycles. The summed E-state index contributed by atoms with van der Waals surface area (Å²) in [7, 11) is 0. The lowest BCUT2D eigenvalue weighted by atomic mass is 10.4. The van der Waals surface area contributed by atoms with Crippen molar-refractivity contribution >= 4 is 16.3 Å². The number of aromatic nitrogens is 4. The summed E-state index contributed by atoms with van der Waals surface area (Å²) in [6.07, 6.45) is 3.25. The van der Waals surface area contributed by atoms with E-state index in [2.05, 4.69) is 20.1 Å². The van der Waals surface area contributed by atoms with E-state index in [0.29, 0.717) is 22.5 Å². The van der Waals surface area contributed by atoms with Crippen LogP contribution in [0.1, 0.15) is 0 Å². The predicted molar refractivity (Wildman–Crippen MR) is 63.0 cm³/mol. The molecule has 3 aromatic heterocycles. The second kappa shape index (κ2) is 3.95. The third kappa shape index (κ3) is 1.87. The van der Waals surface area contributed by atoms with Crippen molar-refractivity contribution in [2.45, 2.75) is 0 Å². The molecule has 0 atom stereocenters. The zero-order valence-corrected chi connectivity index (χ0v) is 9.39. The quantitative estimate of drug-likeness (QED) is 0.740. The monoisotopic (exact) mass is 245 g/mol. The Morgan fingerprint density at radius 2 is 1.94 bits per heavy atom. The lowest BCUT2D eigenvalue weighted by Gasteiger charge is -1.88. The van der Waals surface area contributed by atoms with Gasteiger partial charge in [-0.15, -0.1) is 11.3 Å². The summed E-state index contributed by atoms with van der Waals surface area (Å²) in [6.45, 7) is 0. The fourth-order valence-corrected chi connectivity index (χ4v) is 1.99. The molecule has 0 radical (unpaired) electrons. The minimum atomic E-state index is 0.368. The molecule has 3 rings (SSSR count). The number of nitrogens with two attached hydrogens (primary N) is 1. The second-order valence-electron chi connectivity index (χ2n) is 3.20. The van der Waals surface area contributed by atoms with Crippen LogP contribution in [-0.4, -0.2) is 20.1 Å². The minimum absolute atomic E-state index is 0.368. The third-order valence-corrected chi connectivity index (χ3v) is 2.93. The number of nitrogen functional groups attached to an aromatic ring is 1. The van der Waals surface area contributed by atoms with Crippen LogP contribution in [0.3, 0.4) is 0 Å². The van der Waals surface area contributed by atoms with Gasteiger partial charge in [0.25, 0.3) is 5.89 Å². The van der Waals surface area contributed by atoms with Crippen molar-refractivity contribution in [3.8, 4) is 22.4 Å². The standard InChI is InChI=1S/C10H7N5OS/c11-7-3-2-6(17-7)10-14-9(15-16-10)8-12-4-1-5-13-8/h1-5H,11H2. The van der Waals surface area contributed by atoms with Crippen molar-refractivity contribution in [2.24, 2.45) is 0 Å². The minimum Gasteiger partial charge on any atom is -0.391 e. The van der Waals surface area contributed by atoms with E-state index >= 15 is 0 Å². The SMILES string of the molecule is Nc1ccc(-c2nc(-c3ncccn3)no2)s1. The van der Waals surface area contributed by atoms with Gasteiger partial charge in [-0.2, -0.15) is 4.98 Å². The van der Waals surface area contributed by atoms with Gasteiger partial charge in [0.2, 0.25) is 11.6 Å². The van der Waals surface area contributed by atoms with Gasteiger partial charge in [0, 0.05) is 12.4 Å². The number of anilines is 1. The summed E-state index contributed by atoms with van der Waals surface area (Å²) in [5.74, 6) is 1.23. The van der Waals surface area contributed by atoms with Crippen LogP contribution in [0.5, 0.6) is 0 Å². The van der Waals surface area contributed by atoms with Gasteiger partial charge in [0.15, 0.2) is 0 Å². The first-order chi connectivity index (χ1) is 8.33. The van der Waals surface area contributed by atoms with E-state index in [1.807, 2.05) is 6.07 Å². The first-order valence-electron chi connectivity index (χ1n) is 4.80. The molecule has 0 bridgehead atoms. The highest BCUT2D eigenvalue weighted by molar-refractivity contribution is 7.19. The van der Waals surface area contributed by atoms with Gasteiger partial charge in [-0.3, -0.25) is 0 Å². The van der Waals surface area contributed by atoms with Crippen LogP contribution >= 0.6 is 11.3 Å². The van der Waals surface area contributed by atoms with Crippen LogP contribution in [0, 0.1) is 0 Å². The molecule has 0 fully saturated rings. The Hall–Kier alpha value is -2.28. The molecule has 0 amide bonds. The summed E-state index contributed by atoms with van der Waals surface area (Å²) in [5, 5.41) is 4.53. The first-order valence-corrected chi connectivity index (χ1v) is 5.61. The average molecular weight is 245 g/mol. The van der Waals surface area contributed by atoms with Crippen molar-refractivity contribution in [1.29, 1.82) is 0 Å². The highest BCUT2D eigenvalue weighted by Gasteiger charge is 2.13. The van der Waals surface area contributed by atoms with Crippen molar-refractivity contribution in [3.05, 3.63) is 30.6 Å². The number of rotatable bonds is 2. The maximum Gasteiger partial charge on any atom is 0.268 e. The molecule has 0 unspecified atom stereocenters. The number of hydrogen-bond acceptors (Lipinski definition) is 7. The molecule has 2 N–H and O–H groups in total. The van der Waals surface area contributed by atoms with E-state index in [4.69, 9.17) is 10.3 Å². The summed E-state index contributed by atoms with van der Waals surface area (Å²) in [5.41, 5.74) is 5.64. The van der Waals surface area contributed by atoms with Gasteiger partial charge < -0.3 is 10.3 Å². The van der Waals surface area contributed by atoms with Crippen molar-refractivity contribution in [1.82, 2.24) is 20.1 Å². The zero-order chi connectivity index (χ0) is 11.7. The Labute approximate surface area is 100 Å². The van der Waals surface area contributed by atoms with Crippen molar-refractivity contribution in [2.75, 3.05) is 5.73 Å². The molecule has 0 aliphatic rings. The fourth-order valence-electron chi connectivity index (χ4n) is 1.30. The van der Waals surface area contributed by atoms with Crippen LogP contribution in [0.15, 0.2) is 35.1 Å². The predicted octanol–water partition coefficient (Wildman–Crippen LogP) is 1.84. The van der Waals surface area contributed by atoms with Crippen molar-refractivity contribution < 1.29 is 4.52 Å². The average Bonchev–Trinajstić information content (AvgIpc) is 2.98. The molecule has 0 spiro atoms. The first kappa shape index (κ1) is 9.91. The molecular weight excluding hydrogens is 238 g/mol. The highest BCUT2D eigenvalue weighted by Crippen LogP contribution is 2.28. The third-order valence-electron chi connectivity index (χ3n) is 2.03. The Balaban J connectivity index is 1.99. The van der Waals surface area contributed by atoms with Gasteiger partial charge in [0.1, 0.15) is 0 Å². The Kier molecular flexibility index (Phi) is 2.30. The summed E-state index contributed by atoms with van der Waals surface area (Å²) in [6, 6.07) is 5.36. The van der Waals surface area contributed by atoms with Gasteiger partial charge in [0.05, 0.1) is 9.88 Å². The molecule has 84 valence electrons. The molecule has 6 nitrogen and oxygen atoms in total. The normalized spacial score (nSPS) is 10.6. The summed E-state index contributed by atoms with van der Waals surface area (Å²) in [4.78, 5) is 13.1. The molecular formula is C10H7N5OS. The molecule has 0 saturated heterocycles. The van der Waals surface area contributed by atoms with E-state index in [0.717, 1.165) is 4.88 Å². The van der Waals surface area contributed by atoms with Crippen LogP contribution in [0.2, 0.25) is 0 Å². The van der Waals surface area contributed by atoms with E-state index in [-0.39, 0.29) is 0 Å². The molecule has 7 heteroatoms. The smallest absolute Gasteiger partial charge is 0.268 e. The highest BCUT2D eigenvalue weighted by atomic mass is 32.1. The van der Waals surface area contributed by atoms with Gasteiger partial charge in [-0.25, -0.2) is 9.97 Å². The molecule has 0 aromatic carbocycles. The second-order valence-corrected chi connectivity index (χ2v) is 4.31. The maximum atomic E-state index is 5.64. The molecule has 3 aromatic rings. The number of hydrogen-bond donors (Lipinski definition) is 1. The Morgan fingerprint density at radius 1 is 1.12 bits per heavy atom. The van der Waals surface area contributed by atoms with Crippen LogP contribution < -0.4 is 5.73 Å². The molecule has 0 saturated carbocycles. The maximum absolute atomic E-state index is 5.64. The largest absolute Gasteiger partial charge is 0.391 e. The number of thiophene rings is 1. The van der Waals surface area contributed by atoms with E-state index in [1.165, 1.54) is 11.3 Å². The van der Waals surface area contributed by atoms with Gasteiger partial charge in [-0.05, 0) is 18.2 Å². The molecule has 0 aliphatic carbocycles. The van der Waals surface area contributed by atoms with E-state index < -0.39 is 0 Å². The lowest BCUT2D eigenvalue weighted by molar-refractivity contribution is 0.433. The van der Waals surface area contributed by atoms with Crippen LogP contribution in [-0.2, 0) is 0 Å². The van der Waals surface area contributed by atoms with Gasteiger partial charge >= 0.3 is 0 Å². The summed E-state index contributed by atoms with van der Waals surface area (Å²) < 4.78 is 5.13. The topological polar surface area (TPSA) is 90.7 Å². The Morgan fingerprint density at radius 3 is 2.65 bits per heavy atom. The van der Waals surface area contributed by atoms with Gasteiger partial charge in [-0.1, -0.05) is 5.16 Å². The van der Waals surface area contributed by atoms with Crippen LogP contribution in [0.25, 0.3) is 22.4 Å². The fraction of sp³-hybridized carbons (Fsp3) is 0. The molecule has 0 aliphatic heterocycles. The van der Waals surface area contributed by atoms with E-state index in [9.17, 15) is 0 Å². The Bertz CT molecular complexity index is 633. The zero-order valence-electron chi connectivity index (χ0n) is 8.57. The number of nitrogens with zero attached hydrogens (tertiary/aromatic N) is 4. The van der Waals surface area contributed by atoms with E-state index in [1.54, 1.807) is 24.5 Å². The lowest BCUT2D eigenvalue weighted by Crippen LogP contribution is -1.88. The molecule has 17 heavy (non-hydrogen) atoms. The summed E-state index contributed by atoms with van der Waals surface area (Å²) >= 11 is 1.39. The van der Waals surface area contributed by atoms with Crippen molar-refractivity contribution in [3.63, 3.8) is 0 Å². The van der Waals surface area contributed by atoms with Crippen LogP contribution in [0.4, 0.5) is 5.00 Å².